The quantitative estimate of drug-likeness (QED) is 0.520. The van der Waals surface area contributed by atoms with Crippen molar-refractivity contribution in [2.75, 3.05) is 0 Å². The maximum Gasteiger partial charge on any atom is 0.0909 e. The van der Waals surface area contributed by atoms with Gasteiger partial charge >= 0.3 is 0 Å². The smallest absolute Gasteiger partial charge is 0.0909 e. The standard InChI is InChI=1S/C9H13N3/c1-7-3-2-4-8(12-7)5-6-9(10)11/h2-4H,5-6H2,1H3,(H3,10,11). The third-order valence-electron chi connectivity index (χ3n) is 1.60. The lowest BCUT2D eigenvalue weighted by Crippen LogP contribution is -2.10. The fraction of sp³-hybridized carbons (Fsp3) is 0.333. The Morgan fingerprint density at radius 1 is 1.58 bits per heavy atom. The van der Waals surface area contributed by atoms with Crippen molar-refractivity contribution in [1.82, 2.24) is 4.98 Å². The molecule has 0 spiro atoms. The highest BCUT2D eigenvalue weighted by molar-refractivity contribution is 5.76. The molecule has 0 aliphatic carbocycles. The van der Waals surface area contributed by atoms with E-state index < -0.39 is 0 Å². The summed E-state index contributed by atoms with van der Waals surface area (Å²) in [6.45, 7) is 1.96. The van der Waals surface area contributed by atoms with Crippen LogP contribution in [0.15, 0.2) is 18.2 Å². The molecule has 0 aliphatic rings. The van der Waals surface area contributed by atoms with E-state index >= 15 is 0 Å². The molecule has 1 heterocycles. The van der Waals surface area contributed by atoms with E-state index in [2.05, 4.69) is 4.98 Å². The minimum Gasteiger partial charge on any atom is -0.388 e. The summed E-state index contributed by atoms with van der Waals surface area (Å²) in [5.41, 5.74) is 7.25. The lowest BCUT2D eigenvalue weighted by molar-refractivity contribution is 0.942. The molecule has 0 saturated heterocycles. The van der Waals surface area contributed by atoms with Gasteiger partial charge in [0, 0.05) is 17.8 Å². The summed E-state index contributed by atoms with van der Waals surface area (Å²) < 4.78 is 0. The number of rotatable bonds is 3. The van der Waals surface area contributed by atoms with Crippen LogP contribution in [0, 0.1) is 12.3 Å². The van der Waals surface area contributed by atoms with Gasteiger partial charge in [0.1, 0.15) is 0 Å². The minimum atomic E-state index is 0.221. The summed E-state index contributed by atoms with van der Waals surface area (Å²) >= 11 is 0. The molecule has 3 heteroatoms. The molecule has 0 saturated carbocycles. The number of hydrogen-bond acceptors (Lipinski definition) is 2. The number of nitrogens with zero attached hydrogens (tertiary/aromatic N) is 1. The zero-order chi connectivity index (χ0) is 8.97. The Balaban J connectivity index is 2.57. The van der Waals surface area contributed by atoms with Gasteiger partial charge in [0.15, 0.2) is 0 Å². The average Bonchev–Trinajstić information content (AvgIpc) is 2.01. The van der Waals surface area contributed by atoms with Crippen LogP contribution in [0.1, 0.15) is 17.8 Å². The van der Waals surface area contributed by atoms with E-state index in [0.29, 0.717) is 6.42 Å². The van der Waals surface area contributed by atoms with Gasteiger partial charge in [0.25, 0.3) is 0 Å². The van der Waals surface area contributed by atoms with E-state index in [1.807, 2.05) is 25.1 Å². The third kappa shape index (κ3) is 2.70. The Hall–Kier alpha value is -1.38. The molecule has 3 N–H and O–H groups in total. The Bertz CT molecular complexity index is 281. The number of aromatic nitrogens is 1. The van der Waals surface area contributed by atoms with Crippen molar-refractivity contribution in [2.45, 2.75) is 19.8 Å². The van der Waals surface area contributed by atoms with Gasteiger partial charge in [-0.2, -0.15) is 0 Å². The molecular formula is C9H13N3. The van der Waals surface area contributed by atoms with Crippen LogP contribution in [-0.2, 0) is 6.42 Å². The lowest BCUT2D eigenvalue weighted by Gasteiger charge is -1.99. The van der Waals surface area contributed by atoms with Crippen molar-refractivity contribution in [3.63, 3.8) is 0 Å². The number of nitrogens with one attached hydrogen (secondary N) is 1. The largest absolute Gasteiger partial charge is 0.388 e. The number of hydrogen-bond donors (Lipinski definition) is 2. The van der Waals surface area contributed by atoms with Crippen molar-refractivity contribution in [3.8, 4) is 0 Å². The molecule has 0 aliphatic heterocycles. The van der Waals surface area contributed by atoms with Gasteiger partial charge in [0.05, 0.1) is 5.84 Å². The topological polar surface area (TPSA) is 62.8 Å². The van der Waals surface area contributed by atoms with Crippen LogP contribution < -0.4 is 5.73 Å². The molecule has 0 aromatic carbocycles. The van der Waals surface area contributed by atoms with Crippen LogP contribution in [0.2, 0.25) is 0 Å². The zero-order valence-corrected chi connectivity index (χ0v) is 7.17. The first-order chi connectivity index (χ1) is 5.68. The number of nitrogens with two attached hydrogens (primary N) is 1. The van der Waals surface area contributed by atoms with E-state index in [-0.39, 0.29) is 5.84 Å². The highest BCUT2D eigenvalue weighted by Gasteiger charge is 1.95. The molecule has 1 aromatic rings. The normalized spacial score (nSPS) is 9.75. The van der Waals surface area contributed by atoms with Crippen molar-refractivity contribution in [1.29, 1.82) is 5.41 Å². The lowest BCUT2D eigenvalue weighted by atomic mass is 10.2. The molecule has 0 atom stereocenters. The molecule has 0 fully saturated rings. The molecule has 0 unspecified atom stereocenters. The first-order valence-corrected chi connectivity index (χ1v) is 3.94. The monoisotopic (exact) mass is 163 g/mol. The van der Waals surface area contributed by atoms with Gasteiger partial charge in [-0.15, -0.1) is 0 Å². The molecule has 64 valence electrons. The summed E-state index contributed by atoms with van der Waals surface area (Å²) in [6.07, 6.45) is 1.35. The first-order valence-electron chi connectivity index (χ1n) is 3.94. The van der Waals surface area contributed by atoms with E-state index in [4.69, 9.17) is 11.1 Å². The number of pyridine rings is 1. The predicted octanol–water partition coefficient (Wildman–Crippen LogP) is 1.26. The fourth-order valence-electron chi connectivity index (χ4n) is 1.00. The van der Waals surface area contributed by atoms with Crippen LogP contribution in [-0.4, -0.2) is 10.8 Å². The maximum absolute atomic E-state index is 7.05. The van der Waals surface area contributed by atoms with E-state index in [0.717, 1.165) is 17.8 Å². The first kappa shape index (κ1) is 8.71. The molecular weight excluding hydrogens is 150 g/mol. The zero-order valence-electron chi connectivity index (χ0n) is 7.17. The summed E-state index contributed by atoms with van der Waals surface area (Å²) in [4.78, 5) is 4.29. The van der Waals surface area contributed by atoms with Gasteiger partial charge in [-0.05, 0) is 25.5 Å². The predicted molar refractivity (Wildman–Crippen MR) is 49.2 cm³/mol. The Kier molecular flexibility index (Phi) is 2.80. The van der Waals surface area contributed by atoms with Gasteiger partial charge in [-0.25, -0.2) is 0 Å². The second-order valence-electron chi connectivity index (χ2n) is 2.80. The SMILES string of the molecule is Cc1cccc(CCC(=N)N)n1. The highest BCUT2D eigenvalue weighted by atomic mass is 14.7. The summed E-state index contributed by atoms with van der Waals surface area (Å²) in [6, 6.07) is 5.88. The van der Waals surface area contributed by atoms with Crippen molar-refractivity contribution < 1.29 is 0 Å². The summed E-state index contributed by atoms with van der Waals surface area (Å²) in [5.74, 6) is 0.221. The summed E-state index contributed by atoms with van der Waals surface area (Å²) in [5, 5.41) is 7.05. The van der Waals surface area contributed by atoms with Crippen LogP contribution in [0.25, 0.3) is 0 Å². The van der Waals surface area contributed by atoms with Crippen LogP contribution in [0.3, 0.4) is 0 Å². The Morgan fingerprint density at radius 2 is 2.33 bits per heavy atom. The Morgan fingerprint density at radius 3 is 2.92 bits per heavy atom. The number of aryl methyl sites for hydroxylation is 2. The van der Waals surface area contributed by atoms with Crippen molar-refractivity contribution in [3.05, 3.63) is 29.6 Å². The van der Waals surface area contributed by atoms with Crippen molar-refractivity contribution in [2.24, 2.45) is 5.73 Å². The second-order valence-corrected chi connectivity index (χ2v) is 2.80. The van der Waals surface area contributed by atoms with E-state index in [1.54, 1.807) is 0 Å². The molecule has 0 radical (unpaired) electrons. The molecule has 0 amide bonds. The van der Waals surface area contributed by atoms with E-state index in [9.17, 15) is 0 Å². The van der Waals surface area contributed by atoms with Crippen molar-refractivity contribution >= 4 is 5.84 Å². The van der Waals surface area contributed by atoms with Crippen LogP contribution in [0.5, 0.6) is 0 Å². The summed E-state index contributed by atoms with van der Waals surface area (Å²) in [7, 11) is 0. The van der Waals surface area contributed by atoms with Crippen LogP contribution in [0.4, 0.5) is 0 Å². The fourth-order valence-corrected chi connectivity index (χ4v) is 1.00. The second kappa shape index (κ2) is 3.85. The molecule has 1 aromatic heterocycles. The molecule has 3 nitrogen and oxygen atoms in total. The van der Waals surface area contributed by atoms with Crippen LogP contribution >= 0.6 is 0 Å². The maximum atomic E-state index is 7.05. The minimum absolute atomic E-state index is 0.221. The van der Waals surface area contributed by atoms with Gasteiger partial charge < -0.3 is 5.73 Å². The van der Waals surface area contributed by atoms with E-state index in [1.165, 1.54) is 0 Å². The molecule has 1 rings (SSSR count). The molecule has 12 heavy (non-hydrogen) atoms. The average molecular weight is 163 g/mol. The third-order valence-corrected chi connectivity index (χ3v) is 1.60. The Labute approximate surface area is 72.1 Å². The van der Waals surface area contributed by atoms with Gasteiger partial charge in [-0.1, -0.05) is 6.07 Å². The number of amidine groups is 1. The molecule has 0 bridgehead atoms. The van der Waals surface area contributed by atoms with Gasteiger partial charge in [0.2, 0.25) is 0 Å². The highest BCUT2D eigenvalue weighted by Crippen LogP contribution is 2.00. The van der Waals surface area contributed by atoms with Gasteiger partial charge in [-0.3, -0.25) is 10.4 Å².